The van der Waals surface area contributed by atoms with Gasteiger partial charge in [-0.1, -0.05) is 23.7 Å². The summed E-state index contributed by atoms with van der Waals surface area (Å²) in [5.41, 5.74) is 0. The fraction of sp³-hybridized carbons (Fsp3) is 0.154. The number of rotatable bonds is 4. The van der Waals surface area contributed by atoms with Crippen LogP contribution >= 0.6 is 11.6 Å². The van der Waals surface area contributed by atoms with Crippen LogP contribution in [0.4, 0.5) is 0 Å². The third kappa shape index (κ3) is 2.65. The molecule has 4 nitrogen and oxygen atoms in total. The van der Waals surface area contributed by atoms with E-state index >= 15 is 0 Å². The van der Waals surface area contributed by atoms with Crippen molar-refractivity contribution in [1.29, 1.82) is 0 Å². The molecule has 0 aliphatic rings. The van der Waals surface area contributed by atoms with Crippen molar-refractivity contribution in [2.75, 3.05) is 0 Å². The molecule has 1 aromatic heterocycles. The second kappa shape index (κ2) is 5.14. The van der Waals surface area contributed by atoms with Crippen molar-refractivity contribution in [2.24, 2.45) is 0 Å². The van der Waals surface area contributed by atoms with Crippen molar-refractivity contribution in [3.63, 3.8) is 0 Å². The minimum Gasteiger partial charge on any atom is -0.481 e. The average Bonchev–Trinajstić information content (AvgIpc) is 2.81. The number of carboxylic acids is 1. The molecule has 0 spiro atoms. The van der Waals surface area contributed by atoms with Gasteiger partial charge in [0.1, 0.15) is 11.5 Å². The topological polar surface area (TPSA) is 59.7 Å². The van der Waals surface area contributed by atoms with Crippen molar-refractivity contribution < 1.29 is 19.1 Å². The molecular weight excluding hydrogens is 256 g/mol. The summed E-state index contributed by atoms with van der Waals surface area (Å²) in [5.74, 6) is -0.252. The van der Waals surface area contributed by atoms with Crippen LogP contribution in [0, 0.1) is 0 Å². The van der Waals surface area contributed by atoms with Crippen LogP contribution in [0.2, 0.25) is 5.02 Å². The van der Waals surface area contributed by atoms with Crippen LogP contribution in [0.25, 0.3) is 0 Å². The third-order valence-electron chi connectivity index (χ3n) is 2.38. The summed E-state index contributed by atoms with van der Waals surface area (Å²) in [5, 5.41) is 9.25. The Morgan fingerprint density at radius 3 is 2.67 bits per heavy atom. The third-order valence-corrected chi connectivity index (χ3v) is 2.69. The van der Waals surface area contributed by atoms with Gasteiger partial charge in [0.15, 0.2) is 6.10 Å². The van der Waals surface area contributed by atoms with Crippen molar-refractivity contribution in [3.05, 3.63) is 52.9 Å². The minimum atomic E-state index is -1.11. The van der Waals surface area contributed by atoms with Gasteiger partial charge in [-0.25, -0.2) is 4.79 Å². The van der Waals surface area contributed by atoms with Gasteiger partial charge in [-0.15, -0.1) is 0 Å². The highest BCUT2D eigenvalue weighted by molar-refractivity contribution is 6.32. The monoisotopic (exact) mass is 266 g/mol. The van der Waals surface area contributed by atoms with Crippen molar-refractivity contribution in [2.45, 2.75) is 13.0 Å². The molecule has 1 N–H and O–H groups in total. The molecule has 0 radical (unpaired) electrons. The molecule has 0 aliphatic heterocycles. The molecule has 0 saturated carbocycles. The Hall–Kier alpha value is -1.94. The Kier molecular flexibility index (Phi) is 3.58. The van der Waals surface area contributed by atoms with Crippen LogP contribution in [0.1, 0.15) is 29.3 Å². The molecule has 0 bridgehead atoms. The number of ether oxygens (including phenoxy) is 1. The van der Waals surface area contributed by atoms with Crippen molar-refractivity contribution in [1.82, 2.24) is 0 Å². The molecule has 1 aromatic carbocycles. The number of hydrogen-bond donors (Lipinski definition) is 1. The lowest BCUT2D eigenvalue weighted by Crippen LogP contribution is -2.02. The highest BCUT2D eigenvalue weighted by Gasteiger charge is 2.16. The number of aromatic carboxylic acids is 1. The van der Waals surface area contributed by atoms with Gasteiger partial charge in [-0.05, 0) is 31.2 Å². The molecule has 0 fully saturated rings. The molecule has 94 valence electrons. The number of carboxylic acid groups (broad SMARTS) is 1. The van der Waals surface area contributed by atoms with Gasteiger partial charge in [-0.2, -0.15) is 0 Å². The maximum atomic E-state index is 10.7. The van der Waals surface area contributed by atoms with Crippen LogP contribution in [0.3, 0.4) is 0 Å². The molecule has 1 unspecified atom stereocenters. The Balaban J connectivity index is 2.14. The molecule has 1 heterocycles. The lowest BCUT2D eigenvalue weighted by Gasteiger charge is -2.13. The molecule has 0 aliphatic carbocycles. The zero-order valence-electron chi connectivity index (χ0n) is 9.59. The number of para-hydroxylation sites is 1. The van der Waals surface area contributed by atoms with Crippen LogP contribution in [-0.4, -0.2) is 11.1 Å². The zero-order valence-corrected chi connectivity index (χ0v) is 10.3. The summed E-state index contributed by atoms with van der Waals surface area (Å²) in [6.07, 6.45) is -0.419. The summed E-state index contributed by atoms with van der Waals surface area (Å²) in [6.45, 7) is 1.76. The number of furan rings is 1. The molecule has 0 amide bonds. The molecule has 2 aromatic rings. The first-order valence-corrected chi connectivity index (χ1v) is 5.70. The van der Waals surface area contributed by atoms with Gasteiger partial charge in [-0.3, -0.25) is 0 Å². The van der Waals surface area contributed by atoms with Gasteiger partial charge in [0.25, 0.3) is 0 Å². The first kappa shape index (κ1) is 12.5. The van der Waals surface area contributed by atoms with E-state index in [1.54, 1.807) is 37.3 Å². The predicted molar refractivity (Wildman–Crippen MR) is 66.2 cm³/mol. The highest BCUT2D eigenvalue weighted by atomic mass is 35.5. The SMILES string of the molecule is CC(Oc1ccccc1Cl)c1ccc(C(=O)O)o1. The fourth-order valence-electron chi connectivity index (χ4n) is 1.48. The standard InChI is InChI=1S/C13H11ClO4/c1-8(10-6-7-12(18-10)13(15)16)17-11-5-3-2-4-9(11)14/h2-8H,1H3,(H,15,16). The molecule has 18 heavy (non-hydrogen) atoms. The van der Waals surface area contributed by atoms with Gasteiger partial charge in [0.2, 0.25) is 5.76 Å². The van der Waals surface area contributed by atoms with Crippen molar-refractivity contribution in [3.8, 4) is 5.75 Å². The van der Waals surface area contributed by atoms with E-state index in [1.807, 2.05) is 0 Å². The van der Waals surface area contributed by atoms with E-state index in [0.717, 1.165) is 0 Å². The summed E-state index contributed by atoms with van der Waals surface area (Å²) >= 11 is 5.96. The van der Waals surface area contributed by atoms with Crippen molar-refractivity contribution >= 4 is 17.6 Å². The average molecular weight is 267 g/mol. The van der Waals surface area contributed by atoms with E-state index in [2.05, 4.69) is 0 Å². The molecule has 1 atom stereocenters. The zero-order chi connectivity index (χ0) is 13.1. The van der Waals surface area contributed by atoms with E-state index in [0.29, 0.717) is 16.5 Å². The minimum absolute atomic E-state index is 0.111. The van der Waals surface area contributed by atoms with Gasteiger partial charge < -0.3 is 14.3 Å². The second-order valence-corrected chi connectivity index (χ2v) is 4.10. The molecular formula is C13H11ClO4. The van der Waals surface area contributed by atoms with Gasteiger partial charge in [0, 0.05) is 0 Å². The Labute approximate surface area is 109 Å². The number of benzene rings is 1. The van der Waals surface area contributed by atoms with E-state index in [-0.39, 0.29) is 5.76 Å². The number of hydrogen-bond acceptors (Lipinski definition) is 3. The summed E-state index contributed by atoms with van der Waals surface area (Å²) in [4.78, 5) is 10.7. The first-order chi connectivity index (χ1) is 8.58. The summed E-state index contributed by atoms with van der Waals surface area (Å²) in [6, 6.07) is 10.0. The maximum Gasteiger partial charge on any atom is 0.371 e. The Morgan fingerprint density at radius 2 is 2.06 bits per heavy atom. The van der Waals surface area contributed by atoms with E-state index < -0.39 is 12.1 Å². The quantitative estimate of drug-likeness (QED) is 0.915. The lowest BCUT2D eigenvalue weighted by molar-refractivity contribution is 0.0655. The fourth-order valence-corrected chi connectivity index (χ4v) is 1.66. The number of carbonyl (C=O) groups is 1. The normalized spacial score (nSPS) is 12.1. The van der Waals surface area contributed by atoms with Crippen LogP contribution < -0.4 is 4.74 Å². The number of halogens is 1. The molecule has 2 rings (SSSR count). The lowest BCUT2D eigenvalue weighted by atomic mass is 10.3. The maximum absolute atomic E-state index is 10.7. The van der Waals surface area contributed by atoms with Crippen LogP contribution in [0.5, 0.6) is 5.75 Å². The second-order valence-electron chi connectivity index (χ2n) is 3.70. The Morgan fingerprint density at radius 1 is 1.33 bits per heavy atom. The summed E-state index contributed by atoms with van der Waals surface area (Å²) < 4.78 is 10.8. The molecule has 5 heteroatoms. The largest absolute Gasteiger partial charge is 0.481 e. The Bertz CT molecular complexity index is 562. The van der Waals surface area contributed by atoms with E-state index in [4.69, 9.17) is 25.9 Å². The van der Waals surface area contributed by atoms with E-state index in [9.17, 15) is 4.79 Å². The van der Waals surface area contributed by atoms with Gasteiger partial charge >= 0.3 is 5.97 Å². The smallest absolute Gasteiger partial charge is 0.371 e. The van der Waals surface area contributed by atoms with Crippen LogP contribution in [-0.2, 0) is 0 Å². The summed E-state index contributed by atoms with van der Waals surface area (Å²) in [7, 11) is 0. The van der Waals surface area contributed by atoms with E-state index in [1.165, 1.54) is 6.07 Å². The first-order valence-electron chi connectivity index (χ1n) is 5.32. The van der Waals surface area contributed by atoms with Gasteiger partial charge in [0.05, 0.1) is 5.02 Å². The predicted octanol–water partition coefficient (Wildman–Crippen LogP) is 3.77. The van der Waals surface area contributed by atoms with Crippen LogP contribution in [0.15, 0.2) is 40.8 Å². The molecule has 0 saturated heterocycles. The highest BCUT2D eigenvalue weighted by Crippen LogP contribution is 2.29.